The first-order chi connectivity index (χ1) is 7.29. The highest BCUT2D eigenvalue weighted by Gasteiger charge is 2.28. The third-order valence-corrected chi connectivity index (χ3v) is 2.48. The van der Waals surface area contributed by atoms with Gasteiger partial charge in [-0.05, 0) is 0 Å². The molecule has 0 aliphatic heterocycles. The molecule has 1 N–H and O–H groups in total. The quantitative estimate of drug-likeness (QED) is 0.827. The number of anilines is 1. The number of aromatic nitrogens is 1. The molecule has 1 rings (SSSR count). The van der Waals surface area contributed by atoms with E-state index in [9.17, 15) is 4.79 Å². The molecule has 0 saturated heterocycles. The van der Waals surface area contributed by atoms with E-state index >= 15 is 0 Å². The summed E-state index contributed by atoms with van der Waals surface area (Å²) in [6.45, 7) is 5.88. The Morgan fingerprint density at radius 2 is 2.06 bits per heavy atom. The van der Waals surface area contributed by atoms with Crippen molar-refractivity contribution in [2.24, 2.45) is 0 Å². The van der Waals surface area contributed by atoms with Crippen LogP contribution in [0.2, 0.25) is 5.02 Å². The van der Waals surface area contributed by atoms with Gasteiger partial charge < -0.3 is 9.84 Å². The average Bonchev–Trinajstić information content (AvgIpc) is 2.57. The molecule has 1 aromatic rings. The molecule has 0 spiro atoms. The van der Waals surface area contributed by atoms with Crippen molar-refractivity contribution in [3.8, 4) is 0 Å². The van der Waals surface area contributed by atoms with E-state index in [4.69, 9.17) is 16.1 Å². The minimum absolute atomic E-state index is 0.244. The summed E-state index contributed by atoms with van der Waals surface area (Å²) in [7, 11) is 3.12. The summed E-state index contributed by atoms with van der Waals surface area (Å²) in [5.41, 5.74) is -0.244. The van der Waals surface area contributed by atoms with Crippen LogP contribution in [0.4, 0.5) is 10.6 Å². The van der Waals surface area contributed by atoms with E-state index in [-0.39, 0.29) is 11.4 Å². The molecule has 2 amide bonds. The van der Waals surface area contributed by atoms with Crippen LogP contribution in [0.3, 0.4) is 0 Å². The number of hydrogen-bond donors (Lipinski definition) is 1. The van der Waals surface area contributed by atoms with Crippen LogP contribution < -0.4 is 10.2 Å². The minimum Gasteiger partial charge on any atom is -0.357 e. The summed E-state index contributed by atoms with van der Waals surface area (Å²) >= 11 is 6.13. The first kappa shape index (κ1) is 12.8. The number of nitrogens with one attached hydrogen (secondary N) is 1. The predicted octanol–water partition coefficient (Wildman–Crippen LogP) is 2.40. The van der Waals surface area contributed by atoms with Gasteiger partial charge in [0, 0.05) is 19.5 Å². The fraction of sp³-hybridized carbons (Fsp3) is 0.600. The summed E-state index contributed by atoms with van der Waals surface area (Å²) in [4.78, 5) is 12.7. The summed E-state index contributed by atoms with van der Waals surface area (Å²) in [5, 5.41) is 6.67. The van der Waals surface area contributed by atoms with Crippen LogP contribution in [0.1, 0.15) is 26.5 Å². The first-order valence-electron chi connectivity index (χ1n) is 4.90. The molecule has 1 aromatic heterocycles. The maximum absolute atomic E-state index is 11.4. The Bertz CT molecular complexity index is 395. The first-order valence-corrected chi connectivity index (χ1v) is 5.28. The van der Waals surface area contributed by atoms with E-state index < -0.39 is 0 Å². The molecule has 0 fully saturated rings. The molecule has 0 aliphatic carbocycles. The number of hydrogen-bond acceptors (Lipinski definition) is 3. The third kappa shape index (κ3) is 2.29. The molecule has 16 heavy (non-hydrogen) atoms. The molecule has 90 valence electrons. The van der Waals surface area contributed by atoms with Crippen LogP contribution in [0, 0.1) is 0 Å². The third-order valence-electron chi connectivity index (χ3n) is 2.14. The van der Waals surface area contributed by atoms with Crippen LogP contribution in [0.25, 0.3) is 0 Å². The lowest BCUT2D eigenvalue weighted by Gasteiger charge is -2.15. The molecule has 0 saturated carbocycles. The smallest absolute Gasteiger partial charge is 0.322 e. The van der Waals surface area contributed by atoms with E-state index in [1.807, 2.05) is 20.8 Å². The molecule has 0 bridgehead atoms. The lowest BCUT2D eigenvalue weighted by Crippen LogP contribution is -2.35. The highest BCUT2D eigenvalue weighted by Crippen LogP contribution is 2.35. The van der Waals surface area contributed by atoms with Crippen LogP contribution >= 0.6 is 11.6 Å². The number of carbonyl (C=O) groups is 1. The maximum Gasteiger partial charge on any atom is 0.322 e. The van der Waals surface area contributed by atoms with Gasteiger partial charge in [-0.25, -0.2) is 4.79 Å². The second-order valence-corrected chi connectivity index (χ2v) is 4.89. The molecule has 6 heteroatoms. The Labute approximate surface area is 99.7 Å². The summed E-state index contributed by atoms with van der Waals surface area (Å²) in [6.07, 6.45) is 0. The topological polar surface area (TPSA) is 58.4 Å². The number of carbonyl (C=O) groups excluding carboxylic acids is 1. The second kappa shape index (κ2) is 4.33. The van der Waals surface area contributed by atoms with Crippen molar-refractivity contribution in [1.29, 1.82) is 0 Å². The van der Waals surface area contributed by atoms with E-state index in [0.717, 1.165) is 0 Å². The predicted molar refractivity (Wildman–Crippen MR) is 63.1 cm³/mol. The van der Waals surface area contributed by atoms with Gasteiger partial charge in [-0.3, -0.25) is 4.90 Å². The van der Waals surface area contributed by atoms with Gasteiger partial charge in [0.25, 0.3) is 0 Å². The second-order valence-electron chi connectivity index (χ2n) is 4.51. The summed E-state index contributed by atoms with van der Waals surface area (Å²) in [6, 6.07) is -0.296. The van der Waals surface area contributed by atoms with E-state index in [2.05, 4.69) is 10.5 Å². The molecular weight excluding hydrogens is 230 g/mol. The van der Waals surface area contributed by atoms with Crippen molar-refractivity contribution in [2.45, 2.75) is 26.2 Å². The monoisotopic (exact) mass is 245 g/mol. The normalized spacial score (nSPS) is 11.4. The number of halogens is 1. The zero-order valence-corrected chi connectivity index (χ0v) is 10.8. The van der Waals surface area contributed by atoms with E-state index in [1.54, 1.807) is 7.05 Å². The number of amides is 2. The van der Waals surface area contributed by atoms with Gasteiger partial charge in [0.2, 0.25) is 0 Å². The van der Waals surface area contributed by atoms with Gasteiger partial charge in [-0.2, -0.15) is 0 Å². The molecule has 0 aromatic carbocycles. The Hall–Kier alpha value is -1.23. The van der Waals surface area contributed by atoms with Crippen molar-refractivity contribution >= 4 is 23.4 Å². The number of rotatable bonds is 1. The van der Waals surface area contributed by atoms with Crippen LogP contribution in [0.15, 0.2) is 4.52 Å². The SMILES string of the molecule is CNC(=O)N(C)c1noc(C(C)(C)C)c1Cl. The average molecular weight is 246 g/mol. The van der Waals surface area contributed by atoms with Crippen molar-refractivity contribution in [3.63, 3.8) is 0 Å². The zero-order valence-electron chi connectivity index (χ0n) is 10.1. The molecule has 1 heterocycles. The van der Waals surface area contributed by atoms with Gasteiger partial charge in [-0.1, -0.05) is 37.5 Å². The van der Waals surface area contributed by atoms with Gasteiger partial charge >= 0.3 is 6.03 Å². The van der Waals surface area contributed by atoms with E-state index in [1.165, 1.54) is 11.9 Å². The van der Waals surface area contributed by atoms with Crippen molar-refractivity contribution < 1.29 is 9.32 Å². The maximum atomic E-state index is 11.4. The number of urea groups is 1. The molecule has 5 nitrogen and oxygen atoms in total. The fourth-order valence-corrected chi connectivity index (χ4v) is 1.69. The minimum atomic E-state index is -0.296. The van der Waals surface area contributed by atoms with Crippen molar-refractivity contribution in [1.82, 2.24) is 10.5 Å². The van der Waals surface area contributed by atoms with Gasteiger partial charge in [0.15, 0.2) is 11.6 Å². The van der Waals surface area contributed by atoms with Gasteiger partial charge in [0.1, 0.15) is 5.02 Å². The van der Waals surface area contributed by atoms with Gasteiger partial charge in [-0.15, -0.1) is 0 Å². The van der Waals surface area contributed by atoms with Crippen LogP contribution in [-0.4, -0.2) is 25.3 Å². The van der Waals surface area contributed by atoms with Crippen LogP contribution in [0.5, 0.6) is 0 Å². The molecule has 0 radical (unpaired) electrons. The Kier molecular flexibility index (Phi) is 3.48. The van der Waals surface area contributed by atoms with Crippen LogP contribution in [-0.2, 0) is 5.41 Å². The Morgan fingerprint density at radius 3 is 2.44 bits per heavy atom. The highest BCUT2D eigenvalue weighted by molar-refractivity contribution is 6.34. The molecule has 0 aliphatic rings. The lowest BCUT2D eigenvalue weighted by molar-refractivity contribution is 0.249. The Morgan fingerprint density at radius 1 is 1.50 bits per heavy atom. The zero-order chi connectivity index (χ0) is 12.5. The molecule has 0 unspecified atom stereocenters. The van der Waals surface area contributed by atoms with E-state index in [0.29, 0.717) is 16.6 Å². The molecular formula is C10H16ClN3O2. The summed E-state index contributed by atoms with van der Waals surface area (Å²) < 4.78 is 5.17. The standard InChI is InChI=1S/C10H16ClN3O2/c1-10(2,3)7-6(11)8(13-16-7)14(5)9(15)12-4/h1-5H3,(H,12,15). The number of nitrogens with zero attached hydrogens (tertiary/aromatic N) is 2. The van der Waals surface area contributed by atoms with Gasteiger partial charge in [0.05, 0.1) is 0 Å². The molecule has 0 atom stereocenters. The lowest BCUT2D eigenvalue weighted by atomic mass is 9.93. The largest absolute Gasteiger partial charge is 0.357 e. The fourth-order valence-electron chi connectivity index (χ4n) is 1.21. The van der Waals surface area contributed by atoms with Crippen molar-refractivity contribution in [3.05, 3.63) is 10.8 Å². The highest BCUT2D eigenvalue weighted by atomic mass is 35.5. The summed E-state index contributed by atoms with van der Waals surface area (Å²) in [5.74, 6) is 0.894. The van der Waals surface area contributed by atoms with Crippen molar-refractivity contribution in [2.75, 3.05) is 19.0 Å². The Balaban J connectivity index is 3.10.